The van der Waals surface area contributed by atoms with E-state index in [2.05, 4.69) is 9.71 Å². The molecule has 0 radical (unpaired) electrons. The van der Waals surface area contributed by atoms with Gasteiger partial charge in [0.15, 0.2) is 0 Å². The van der Waals surface area contributed by atoms with Crippen molar-refractivity contribution in [1.82, 2.24) is 4.98 Å². The highest BCUT2D eigenvalue weighted by molar-refractivity contribution is 8.24. The van der Waals surface area contributed by atoms with Gasteiger partial charge in [0, 0.05) is 17.8 Å². The molecule has 0 atom stereocenters. The predicted molar refractivity (Wildman–Crippen MR) is 44.5 cm³/mol. The number of nitrogens with one attached hydrogen (secondary N) is 1. The summed E-state index contributed by atoms with van der Waals surface area (Å²) in [4.78, 5) is 3.81. The van der Waals surface area contributed by atoms with Crippen molar-refractivity contribution >= 4 is 27.2 Å². The lowest BCUT2D eigenvalue weighted by molar-refractivity contribution is 0.502. The van der Waals surface area contributed by atoms with Crippen molar-refractivity contribution in [2.45, 2.75) is 0 Å². The minimum absolute atomic E-state index is 0.530. The van der Waals surface area contributed by atoms with Crippen molar-refractivity contribution in [3.05, 3.63) is 11.6 Å². The van der Waals surface area contributed by atoms with Crippen molar-refractivity contribution in [1.29, 1.82) is 0 Å². The first kappa shape index (κ1) is 7.80. The Morgan fingerprint density at radius 2 is 2.40 bits per heavy atom. The van der Waals surface area contributed by atoms with Crippen LogP contribution in [0.25, 0.3) is 0 Å². The summed E-state index contributed by atoms with van der Waals surface area (Å²) >= 11 is 1.33. The van der Waals surface area contributed by atoms with Gasteiger partial charge in [-0.25, -0.2) is 4.98 Å². The second-order valence-electron chi connectivity index (χ2n) is 1.77. The van der Waals surface area contributed by atoms with Crippen LogP contribution in [0.5, 0.6) is 0 Å². The van der Waals surface area contributed by atoms with Gasteiger partial charge < -0.3 is 0 Å². The minimum atomic E-state index is -2.65. The van der Waals surface area contributed by atoms with Gasteiger partial charge in [0.25, 0.3) is 0 Å². The monoisotopic (exact) mass is 180 g/mol. The molecule has 0 aliphatic rings. The Labute approximate surface area is 64.4 Å². The Bertz CT molecular complexity index is 194. The fraction of sp³-hybridized carbons (Fsp3) is 0.250. The maximum Gasteiger partial charge on any atom is 0.201 e. The third kappa shape index (κ3) is 2.53. The number of hydrogen-bond acceptors (Lipinski definition) is 5. The second kappa shape index (κ2) is 2.75. The molecule has 0 amide bonds. The van der Waals surface area contributed by atoms with Crippen molar-refractivity contribution in [2.75, 3.05) is 11.0 Å². The molecule has 0 bridgehead atoms. The minimum Gasteiger partial charge on any atom is -0.282 e. The molecule has 0 saturated carbocycles. The summed E-state index contributed by atoms with van der Waals surface area (Å²) in [5, 5.41) is 2.29. The highest BCUT2D eigenvalue weighted by Gasteiger charge is 2.03. The molecule has 0 aliphatic carbocycles. The van der Waals surface area contributed by atoms with E-state index >= 15 is 0 Å². The maximum absolute atomic E-state index is 8.88. The number of aromatic nitrogens is 1. The molecule has 1 aromatic heterocycles. The van der Waals surface area contributed by atoms with Crippen LogP contribution in [0.15, 0.2) is 11.6 Å². The molecule has 1 rings (SSSR count). The van der Waals surface area contributed by atoms with Gasteiger partial charge in [0.1, 0.15) is 0 Å². The quantitative estimate of drug-likeness (QED) is 0.650. The summed E-state index contributed by atoms with van der Waals surface area (Å²) in [5.41, 5.74) is 0. The molecule has 0 saturated heterocycles. The molecular formula is C4H8N2O2S2. The average Bonchev–Trinajstić information content (AvgIpc) is 2.12. The van der Waals surface area contributed by atoms with E-state index in [-0.39, 0.29) is 0 Å². The van der Waals surface area contributed by atoms with E-state index in [1.807, 2.05) is 0 Å². The summed E-state index contributed by atoms with van der Waals surface area (Å²) in [5.74, 6) is 0. The molecule has 0 aromatic carbocycles. The number of nitrogens with zero attached hydrogens (tertiary/aromatic N) is 1. The number of hydrogen-bond donors (Lipinski definition) is 3. The molecule has 0 unspecified atom stereocenters. The number of rotatable bonds is 2. The first-order valence-corrected chi connectivity index (χ1v) is 5.32. The first-order valence-electron chi connectivity index (χ1n) is 2.48. The van der Waals surface area contributed by atoms with E-state index in [1.54, 1.807) is 11.6 Å². The second-order valence-corrected chi connectivity index (χ2v) is 4.54. The van der Waals surface area contributed by atoms with Crippen LogP contribution in [0, 0.1) is 0 Å². The third-order valence-electron chi connectivity index (χ3n) is 0.713. The molecule has 58 valence electrons. The van der Waals surface area contributed by atoms with Gasteiger partial charge >= 0.3 is 0 Å². The average molecular weight is 180 g/mol. The molecule has 0 fully saturated rings. The lowest BCUT2D eigenvalue weighted by Crippen LogP contribution is -2.05. The topological polar surface area (TPSA) is 65.4 Å². The fourth-order valence-corrected chi connectivity index (χ4v) is 1.86. The van der Waals surface area contributed by atoms with Crippen LogP contribution >= 0.6 is 22.1 Å². The van der Waals surface area contributed by atoms with Crippen LogP contribution in [0.4, 0.5) is 5.13 Å². The highest BCUT2D eigenvalue weighted by atomic mass is 32.3. The van der Waals surface area contributed by atoms with E-state index in [0.717, 1.165) is 0 Å². The third-order valence-corrected chi connectivity index (χ3v) is 2.11. The van der Waals surface area contributed by atoms with E-state index in [4.69, 9.17) is 9.11 Å². The van der Waals surface area contributed by atoms with Gasteiger partial charge in [-0.15, -0.1) is 22.1 Å². The van der Waals surface area contributed by atoms with E-state index in [1.165, 1.54) is 17.6 Å². The zero-order valence-corrected chi connectivity index (χ0v) is 6.95. The van der Waals surface area contributed by atoms with Crippen LogP contribution in [0.2, 0.25) is 0 Å². The van der Waals surface area contributed by atoms with Gasteiger partial charge in [0.2, 0.25) is 5.13 Å². The van der Waals surface area contributed by atoms with Crippen LogP contribution in [-0.4, -0.2) is 20.3 Å². The fourth-order valence-electron chi connectivity index (χ4n) is 0.439. The van der Waals surface area contributed by atoms with E-state index < -0.39 is 10.8 Å². The Morgan fingerprint density at radius 1 is 1.70 bits per heavy atom. The van der Waals surface area contributed by atoms with Crippen LogP contribution < -0.4 is 4.72 Å². The highest BCUT2D eigenvalue weighted by Crippen LogP contribution is 2.34. The Morgan fingerprint density at radius 3 is 2.80 bits per heavy atom. The Balaban J connectivity index is 2.57. The Hall–Kier alpha value is -0.300. The first-order chi connectivity index (χ1) is 4.58. The summed E-state index contributed by atoms with van der Waals surface area (Å²) < 4.78 is 20.2. The van der Waals surface area contributed by atoms with Gasteiger partial charge in [-0.3, -0.25) is 13.8 Å². The summed E-state index contributed by atoms with van der Waals surface area (Å²) in [6.45, 7) is 0. The van der Waals surface area contributed by atoms with Crippen LogP contribution in [0.3, 0.4) is 0 Å². The summed E-state index contributed by atoms with van der Waals surface area (Å²) in [7, 11) is -2.65. The standard InChI is InChI=1S/C4H8N2O2S2/c1-10(7,8)6-4-5-2-3-9-4/h2-3,7-8H,1H3,(H,5,6). The summed E-state index contributed by atoms with van der Waals surface area (Å²) in [6.07, 6.45) is 2.91. The van der Waals surface area contributed by atoms with Crippen LogP contribution in [0.1, 0.15) is 0 Å². The van der Waals surface area contributed by atoms with Gasteiger partial charge in [-0.05, 0) is 0 Å². The maximum atomic E-state index is 8.88. The van der Waals surface area contributed by atoms with Crippen molar-refractivity contribution < 1.29 is 9.11 Å². The molecule has 6 heteroatoms. The molecule has 4 nitrogen and oxygen atoms in total. The zero-order valence-electron chi connectivity index (χ0n) is 5.31. The number of thiazole rings is 1. The van der Waals surface area contributed by atoms with Gasteiger partial charge in [-0.2, -0.15) is 0 Å². The zero-order chi connectivity index (χ0) is 7.61. The van der Waals surface area contributed by atoms with Crippen molar-refractivity contribution in [3.8, 4) is 0 Å². The summed E-state index contributed by atoms with van der Waals surface area (Å²) in [6, 6.07) is 0. The smallest absolute Gasteiger partial charge is 0.201 e. The van der Waals surface area contributed by atoms with E-state index in [9.17, 15) is 0 Å². The number of anilines is 1. The lowest BCUT2D eigenvalue weighted by atomic mass is 11.0. The molecule has 3 N–H and O–H groups in total. The molecular weight excluding hydrogens is 172 g/mol. The predicted octanol–water partition coefficient (Wildman–Crippen LogP) is 1.85. The molecule has 10 heavy (non-hydrogen) atoms. The normalized spacial score (nSPS) is 13.1. The molecule has 1 heterocycles. The molecule has 1 aromatic rings. The molecule has 0 spiro atoms. The van der Waals surface area contributed by atoms with Crippen LogP contribution in [-0.2, 0) is 0 Å². The molecule has 0 aliphatic heterocycles. The SMILES string of the molecule is CS(O)(O)Nc1nccs1. The van der Waals surface area contributed by atoms with Crippen molar-refractivity contribution in [3.63, 3.8) is 0 Å². The Kier molecular flexibility index (Phi) is 2.14. The largest absolute Gasteiger partial charge is 0.282 e. The lowest BCUT2D eigenvalue weighted by Gasteiger charge is -2.26. The van der Waals surface area contributed by atoms with Crippen molar-refractivity contribution in [2.24, 2.45) is 0 Å². The van der Waals surface area contributed by atoms with Gasteiger partial charge in [0.05, 0.1) is 0 Å². The van der Waals surface area contributed by atoms with E-state index in [0.29, 0.717) is 5.13 Å². The van der Waals surface area contributed by atoms with Gasteiger partial charge in [-0.1, -0.05) is 0 Å².